The van der Waals surface area contributed by atoms with Crippen LogP contribution in [0.1, 0.15) is 9.67 Å². The van der Waals surface area contributed by atoms with Crippen molar-refractivity contribution in [2.24, 2.45) is 0 Å². The fourth-order valence-electron chi connectivity index (χ4n) is 1.49. The van der Waals surface area contributed by atoms with Gasteiger partial charge in [-0.15, -0.1) is 23.1 Å². The van der Waals surface area contributed by atoms with Gasteiger partial charge in [0.15, 0.2) is 0 Å². The van der Waals surface area contributed by atoms with Gasteiger partial charge in [0.05, 0.1) is 12.9 Å². The van der Waals surface area contributed by atoms with E-state index in [2.05, 4.69) is 10.1 Å². The van der Waals surface area contributed by atoms with E-state index in [0.717, 1.165) is 4.90 Å². The van der Waals surface area contributed by atoms with Crippen molar-refractivity contribution in [3.8, 4) is 0 Å². The Labute approximate surface area is 135 Å². The number of amides is 1. The minimum atomic E-state index is -0.324. The molecule has 1 N–H and O–H groups in total. The number of halogens is 1. The van der Waals surface area contributed by atoms with Crippen LogP contribution in [0.2, 0.25) is 5.02 Å². The molecule has 0 aliphatic carbocycles. The van der Waals surface area contributed by atoms with Crippen LogP contribution < -0.4 is 5.32 Å². The Balaban J connectivity index is 2.04. The smallest absolute Gasteiger partial charge is 0.315 e. The summed E-state index contributed by atoms with van der Waals surface area (Å²) in [6.07, 6.45) is 0. The molecule has 0 saturated heterocycles. The fraction of sp³-hybridized carbons (Fsp3) is 0.143. The zero-order valence-corrected chi connectivity index (χ0v) is 13.5. The molecule has 1 heterocycles. The van der Waals surface area contributed by atoms with E-state index in [1.807, 2.05) is 11.4 Å². The van der Waals surface area contributed by atoms with Gasteiger partial charge in [-0.3, -0.25) is 9.59 Å². The van der Waals surface area contributed by atoms with Crippen LogP contribution in [-0.4, -0.2) is 24.7 Å². The number of ether oxygens (including phenoxy) is 1. The summed E-state index contributed by atoms with van der Waals surface area (Å²) >= 11 is 8.41. The molecule has 1 aromatic heterocycles. The highest BCUT2D eigenvalue weighted by Gasteiger charge is 2.15. The Morgan fingerprint density at radius 3 is 2.67 bits per heavy atom. The van der Waals surface area contributed by atoms with E-state index >= 15 is 0 Å². The van der Waals surface area contributed by atoms with Crippen molar-refractivity contribution in [2.75, 3.05) is 18.2 Å². The number of thioether (sulfide) groups is 1. The highest BCUT2D eigenvalue weighted by atomic mass is 35.5. The van der Waals surface area contributed by atoms with Gasteiger partial charge < -0.3 is 10.1 Å². The summed E-state index contributed by atoms with van der Waals surface area (Å²) in [6, 6.07) is 8.69. The van der Waals surface area contributed by atoms with Gasteiger partial charge in [0.2, 0.25) is 0 Å². The Bertz CT molecular complexity index is 640. The van der Waals surface area contributed by atoms with E-state index in [-0.39, 0.29) is 17.6 Å². The average Bonchev–Trinajstić information content (AvgIpc) is 2.95. The highest BCUT2D eigenvalue weighted by molar-refractivity contribution is 8.00. The summed E-state index contributed by atoms with van der Waals surface area (Å²) in [5, 5.41) is 5.22. The molecule has 0 spiro atoms. The van der Waals surface area contributed by atoms with Crippen molar-refractivity contribution >= 4 is 52.3 Å². The zero-order chi connectivity index (χ0) is 15.2. The number of rotatable bonds is 5. The number of esters is 1. The van der Waals surface area contributed by atoms with Gasteiger partial charge in [-0.1, -0.05) is 11.6 Å². The lowest BCUT2D eigenvalue weighted by molar-refractivity contribution is -0.137. The van der Waals surface area contributed by atoms with Crippen LogP contribution in [0.15, 0.2) is 40.6 Å². The fourth-order valence-corrected chi connectivity index (χ4v) is 3.49. The molecule has 0 atom stereocenters. The van der Waals surface area contributed by atoms with Gasteiger partial charge >= 0.3 is 5.97 Å². The van der Waals surface area contributed by atoms with Gasteiger partial charge in [-0.25, -0.2) is 0 Å². The third kappa shape index (κ3) is 4.49. The van der Waals surface area contributed by atoms with Crippen LogP contribution >= 0.6 is 34.7 Å². The minimum Gasteiger partial charge on any atom is -0.468 e. The summed E-state index contributed by atoms with van der Waals surface area (Å²) in [7, 11) is 1.34. The molecule has 0 unspecified atom stereocenters. The summed E-state index contributed by atoms with van der Waals surface area (Å²) in [4.78, 5) is 24.7. The number of hydrogen-bond acceptors (Lipinski definition) is 5. The Kier molecular flexibility index (Phi) is 5.67. The predicted octanol–water partition coefficient (Wildman–Crippen LogP) is 3.92. The molecule has 2 aromatic rings. The number of carbonyl (C=O) groups is 2. The SMILES string of the molecule is COC(=O)CSc1ccsc1C(=O)Nc1ccc(Cl)cc1. The molecule has 0 saturated carbocycles. The molecule has 0 bridgehead atoms. The van der Waals surface area contributed by atoms with Crippen molar-refractivity contribution in [2.45, 2.75) is 4.90 Å². The summed E-state index contributed by atoms with van der Waals surface area (Å²) in [5.41, 5.74) is 0.668. The lowest BCUT2D eigenvalue weighted by Crippen LogP contribution is -2.11. The molecule has 0 aliphatic heterocycles. The van der Waals surface area contributed by atoms with Gasteiger partial charge in [-0.2, -0.15) is 0 Å². The number of nitrogens with one attached hydrogen (secondary N) is 1. The minimum absolute atomic E-state index is 0.175. The molecule has 21 heavy (non-hydrogen) atoms. The van der Waals surface area contributed by atoms with Crippen molar-refractivity contribution < 1.29 is 14.3 Å². The summed E-state index contributed by atoms with van der Waals surface area (Å²) < 4.78 is 4.59. The first-order valence-electron chi connectivity index (χ1n) is 5.94. The molecule has 2 rings (SSSR count). The second-order valence-electron chi connectivity index (χ2n) is 3.94. The van der Waals surface area contributed by atoms with E-state index in [1.165, 1.54) is 30.2 Å². The molecule has 4 nitrogen and oxygen atoms in total. The van der Waals surface area contributed by atoms with Crippen LogP contribution in [-0.2, 0) is 9.53 Å². The maximum atomic E-state index is 12.2. The molecule has 110 valence electrons. The first-order valence-corrected chi connectivity index (χ1v) is 8.18. The molecular weight excluding hydrogens is 330 g/mol. The molecule has 1 aromatic carbocycles. The van der Waals surface area contributed by atoms with E-state index in [4.69, 9.17) is 11.6 Å². The molecule has 0 radical (unpaired) electrons. The Morgan fingerprint density at radius 1 is 1.29 bits per heavy atom. The average molecular weight is 342 g/mol. The lowest BCUT2D eigenvalue weighted by Gasteiger charge is -2.06. The maximum absolute atomic E-state index is 12.2. The van der Waals surface area contributed by atoms with Crippen LogP contribution in [0.5, 0.6) is 0 Å². The molecule has 7 heteroatoms. The summed E-state index contributed by atoms with van der Waals surface area (Å²) in [5.74, 6) is -0.357. The topological polar surface area (TPSA) is 55.4 Å². The number of carbonyl (C=O) groups excluding carboxylic acids is 2. The normalized spacial score (nSPS) is 10.2. The van der Waals surface area contributed by atoms with Gasteiger partial charge in [0.25, 0.3) is 5.91 Å². The van der Waals surface area contributed by atoms with Crippen LogP contribution in [0.4, 0.5) is 5.69 Å². The molecule has 1 amide bonds. The third-order valence-corrected chi connectivity index (χ3v) is 4.84. The zero-order valence-electron chi connectivity index (χ0n) is 11.1. The largest absolute Gasteiger partial charge is 0.468 e. The first kappa shape index (κ1) is 15.9. The molecule has 0 fully saturated rings. The monoisotopic (exact) mass is 341 g/mol. The number of anilines is 1. The second-order valence-corrected chi connectivity index (χ2v) is 6.31. The van der Waals surface area contributed by atoms with Crippen LogP contribution in [0.3, 0.4) is 0 Å². The Hall–Kier alpha value is -1.50. The highest BCUT2D eigenvalue weighted by Crippen LogP contribution is 2.28. The second kappa shape index (κ2) is 7.49. The van der Waals surface area contributed by atoms with Crippen molar-refractivity contribution in [1.82, 2.24) is 0 Å². The lowest BCUT2D eigenvalue weighted by atomic mass is 10.3. The third-order valence-electron chi connectivity index (χ3n) is 2.51. The maximum Gasteiger partial charge on any atom is 0.315 e. The van der Waals surface area contributed by atoms with E-state index in [0.29, 0.717) is 15.6 Å². The van der Waals surface area contributed by atoms with Gasteiger partial charge in [0, 0.05) is 15.6 Å². The van der Waals surface area contributed by atoms with Crippen LogP contribution in [0.25, 0.3) is 0 Å². The van der Waals surface area contributed by atoms with Crippen molar-refractivity contribution in [3.63, 3.8) is 0 Å². The standard InChI is InChI=1S/C14H12ClNO3S2/c1-19-12(17)8-21-11-6-7-20-13(11)14(18)16-10-4-2-9(15)3-5-10/h2-7H,8H2,1H3,(H,16,18). The van der Waals surface area contributed by atoms with E-state index < -0.39 is 0 Å². The molecular formula is C14H12ClNO3S2. The number of thiophene rings is 1. The number of hydrogen-bond donors (Lipinski definition) is 1. The van der Waals surface area contributed by atoms with Crippen LogP contribution in [0, 0.1) is 0 Å². The van der Waals surface area contributed by atoms with Crippen molar-refractivity contribution in [3.05, 3.63) is 45.6 Å². The quantitative estimate of drug-likeness (QED) is 0.661. The van der Waals surface area contributed by atoms with Gasteiger partial charge in [-0.05, 0) is 35.7 Å². The van der Waals surface area contributed by atoms with Gasteiger partial charge in [0.1, 0.15) is 4.88 Å². The molecule has 0 aliphatic rings. The number of methoxy groups -OCH3 is 1. The number of benzene rings is 1. The predicted molar refractivity (Wildman–Crippen MR) is 86.5 cm³/mol. The van der Waals surface area contributed by atoms with E-state index in [9.17, 15) is 9.59 Å². The van der Waals surface area contributed by atoms with Crippen molar-refractivity contribution in [1.29, 1.82) is 0 Å². The summed E-state index contributed by atoms with van der Waals surface area (Å²) in [6.45, 7) is 0. The Morgan fingerprint density at radius 2 is 2.00 bits per heavy atom. The first-order chi connectivity index (χ1) is 10.1. The van der Waals surface area contributed by atoms with E-state index in [1.54, 1.807) is 24.3 Å².